The minimum absolute atomic E-state index is 0.0277. The first-order chi connectivity index (χ1) is 14.3. The molecule has 6 heteroatoms. The van der Waals surface area contributed by atoms with Gasteiger partial charge < -0.3 is 10.6 Å². The molecule has 3 heterocycles. The number of piperidine rings is 1. The summed E-state index contributed by atoms with van der Waals surface area (Å²) in [4.78, 5) is 31.7. The highest BCUT2D eigenvalue weighted by molar-refractivity contribution is 5.97. The molecule has 0 radical (unpaired) electrons. The van der Waals surface area contributed by atoms with E-state index in [1.165, 1.54) is 0 Å². The number of aromatic nitrogens is 1. The highest BCUT2D eigenvalue weighted by atomic mass is 16.2. The summed E-state index contributed by atoms with van der Waals surface area (Å²) >= 11 is 0. The summed E-state index contributed by atoms with van der Waals surface area (Å²) in [6, 6.07) is 10.4. The maximum atomic E-state index is 12.7. The molecule has 0 unspecified atom stereocenters. The Hall–Kier alpha value is -2.47. The number of carbonyl (C=O) groups is 2. The van der Waals surface area contributed by atoms with Gasteiger partial charge in [0.2, 0.25) is 5.91 Å². The van der Waals surface area contributed by atoms with E-state index >= 15 is 0 Å². The van der Waals surface area contributed by atoms with E-state index in [0.717, 1.165) is 36.6 Å². The monoisotopic (exact) mass is 408 g/mol. The van der Waals surface area contributed by atoms with Gasteiger partial charge >= 0.3 is 0 Å². The molecule has 2 fully saturated rings. The predicted molar refractivity (Wildman–Crippen MR) is 118 cm³/mol. The number of benzene rings is 1. The molecule has 0 aliphatic carbocycles. The van der Waals surface area contributed by atoms with Gasteiger partial charge in [0, 0.05) is 41.3 Å². The van der Waals surface area contributed by atoms with Crippen molar-refractivity contribution >= 4 is 22.7 Å². The number of hydrogen-bond donors (Lipinski definition) is 2. The van der Waals surface area contributed by atoms with Crippen molar-refractivity contribution in [1.29, 1.82) is 0 Å². The van der Waals surface area contributed by atoms with Crippen LogP contribution in [0.3, 0.4) is 0 Å². The number of rotatable bonds is 5. The predicted octanol–water partition coefficient (Wildman–Crippen LogP) is 3.12. The molecule has 1 aromatic heterocycles. The molecule has 160 valence electrons. The second-order valence-corrected chi connectivity index (χ2v) is 9.81. The van der Waals surface area contributed by atoms with E-state index in [9.17, 15) is 9.59 Å². The minimum atomic E-state index is -0.197. The molecule has 0 saturated carbocycles. The molecule has 2 aromatic rings. The van der Waals surface area contributed by atoms with Crippen LogP contribution in [-0.4, -0.2) is 52.4 Å². The highest BCUT2D eigenvalue weighted by Gasteiger charge is 2.41. The first-order valence-corrected chi connectivity index (χ1v) is 11.0. The lowest BCUT2D eigenvalue weighted by atomic mass is 9.90. The molecule has 1 aromatic carbocycles. The second kappa shape index (κ2) is 8.34. The molecular formula is C24H32N4O2. The largest absolute Gasteiger partial charge is 0.352 e. The average molecular weight is 409 g/mol. The molecule has 6 nitrogen and oxygen atoms in total. The fraction of sp³-hybridized carbons (Fsp3) is 0.542. The van der Waals surface area contributed by atoms with Crippen LogP contribution < -0.4 is 10.6 Å². The number of nitrogens with zero attached hydrogens (tertiary/aromatic N) is 2. The van der Waals surface area contributed by atoms with Crippen LogP contribution in [0.25, 0.3) is 10.9 Å². The van der Waals surface area contributed by atoms with Crippen molar-refractivity contribution in [2.24, 2.45) is 5.92 Å². The van der Waals surface area contributed by atoms with Crippen LogP contribution in [-0.2, 0) is 4.79 Å². The molecule has 2 amide bonds. The third kappa shape index (κ3) is 4.81. The van der Waals surface area contributed by atoms with E-state index in [1.54, 1.807) is 6.20 Å². The minimum Gasteiger partial charge on any atom is -0.352 e. The van der Waals surface area contributed by atoms with E-state index < -0.39 is 0 Å². The van der Waals surface area contributed by atoms with Crippen LogP contribution in [0.2, 0.25) is 0 Å². The maximum absolute atomic E-state index is 12.7. The zero-order valence-electron chi connectivity index (χ0n) is 18.1. The molecule has 0 spiro atoms. The molecule has 2 aliphatic rings. The quantitative estimate of drug-likeness (QED) is 0.797. The van der Waals surface area contributed by atoms with Crippen LogP contribution in [0.4, 0.5) is 0 Å². The van der Waals surface area contributed by atoms with Crippen molar-refractivity contribution in [3.05, 3.63) is 42.1 Å². The summed E-state index contributed by atoms with van der Waals surface area (Å²) in [7, 11) is 0. The van der Waals surface area contributed by atoms with Crippen molar-refractivity contribution in [3.63, 3.8) is 0 Å². The summed E-state index contributed by atoms with van der Waals surface area (Å²) in [5, 5.41) is 7.18. The maximum Gasteiger partial charge on any atom is 0.251 e. The number of pyridine rings is 1. The van der Waals surface area contributed by atoms with Crippen molar-refractivity contribution in [3.8, 4) is 0 Å². The van der Waals surface area contributed by atoms with Crippen molar-refractivity contribution < 1.29 is 9.59 Å². The van der Waals surface area contributed by atoms with Crippen molar-refractivity contribution in [2.75, 3.05) is 13.1 Å². The summed E-state index contributed by atoms with van der Waals surface area (Å²) < 4.78 is 0. The zero-order chi connectivity index (χ0) is 21.3. The topological polar surface area (TPSA) is 74.3 Å². The van der Waals surface area contributed by atoms with Crippen LogP contribution in [0.1, 0.15) is 56.8 Å². The fourth-order valence-electron chi connectivity index (χ4n) is 4.99. The van der Waals surface area contributed by atoms with Gasteiger partial charge in [0.25, 0.3) is 5.91 Å². The summed E-state index contributed by atoms with van der Waals surface area (Å²) in [5.74, 6) is 0.549. The van der Waals surface area contributed by atoms with E-state index in [1.807, 2.05) is 51.1 Å². The first kappa shape index (κ1) is 20.8. The number of fused-ring (bicyclic) bond motifs is 3. The lowest BCUT2D eigenvalue weighted by molar-refractivity contribution is -0.125. The SMILES string of the molecule is CC(C)(C)NC(=O)CN1[C@@H]2CC[C@H]1C[C@H](CNC(=O)c1ccc3ncccc3c1)C2. The number of carbonyl (C=O) groups excluding carboxylic acids is 2. The van der Waals surface area contributed by atoms with Gasteiger partial charge in [-0.15, -0.1) is 0 Å². The molecule has 30 heavy (non-hydrogen) atoms. The van der Waals surface area contributed by atoms with Crippen molar-refractivity contribution in [2.45, 2.75) is 64.1 Å². The molecule has 4 rings (SSSR count). The highest BCUT2D eigenvalue weighted by Crippen LogP contribution is 2.38. The molecule has 3 atom stereocenters. The first-order valence-electron chi connectivity index (χ1n) is 11.0. The third-order valence-electron chi connectivity index (χ3n) is 6.24. The number of hydrogen-bond acceptors (Lipinski definition) is 4. The smallest absolute Gasteiger partial charge is 0.251 e. The molecule has 2 N–H and O–H groups in total. The number of amides is 2. The fourth-order valence-corrected chi connectivity index (χ4v) is 4.99. The van der Waals surface area contributed by atoms with Gasteiger partial charge in [-0.1, -0.05) is 6.07 Å². The Morgan fingerprint density at radius 1 is 1.13 bits per heavy atom. The molecule has 2 aliphatic heterocycles. The van der Waals surface area contributed by atoms with Gasteiger partial charge in [-0.2, -0.15) is 0 Å². The van der Waals surface area contributed by atoms with E-state index in [0.29, 0.717) is 36.7 Å². The van der Waals surface area contributed by atoms with Gasteiger partial charge in [0.1, 0.15) is 0 Å². The van der Waals surface area contributed by atoms with Gasteiger partial charge in [-0.05, 0) is 76.6 Å². The molecule has 2 saturated heterocycles. The van der Waals surface area contributed by atoms with Gasteiger partial charge in [0.05, 0.1) is 12.1 Å². The Morgan fingerprint density at radius 3 is 2.57 bits per heavy atom. The van der Waals surface area contributed by atoms with Gasteiger partial charge in [-0.25, -0.2) is 0 Å². The van der Waals surface area contributed by atoms with E-state index in [4.69, 9.17) is 0 Å². The van der Waals surface area contributed by atoms with Gasteiger partial charge in [0.15, 0.2) is 0 Å². The van der Waals surface area contributed by atoms with Crippen LogP contribution in [0, 0.1) is 5.92 Å². The standard InChI is InChI=1S/C24H32N4O2/c1-24(2,3)27-22(29)15-28-19-7-8-20(28)12-16(11-19)14-26-23(30)18-6-9-21-17(13-18)5-4-10-25-21/h4-6,9-10,13,16,19-20H,7-8,11-12,14-15H2,1-3H3,(H,26,30)(H,27,29)/t16-,19-,20+. The Kier molecular flexibility index (Phi) is 5.78. The lowest BCUT2D eigenvalue weighted by Gasteiger charge is -2.39. The van der Waals surface area contributed by atoms with E-state index in [-0.39, 0.29) is 17.4 Å². The zero-order valence-corrected chi connectivity index (χ0v) is 18.1. The number of nitrogens with one attached hydrogen (secondary N) is 2. The summed E-state index contributed by atoms with van der Waals surface area (Å²) in [6.45, 7) is 7.22. The average Bonchev–Trinajstić information content (AvgIpc) is 2.92. The Bertz CT molecular complexity index is 922. The lowest BCUT2D eigenvalue weighted by Crippen LogP contribution is -2.52. The Morgan fingerprint density at radius 2 is 1.87 bits per heavy atom. The summed E-state index contributed by atoms with van der Waals surface area (Å²) in [5.41, 5.74) is 1.38. The molecule has 2 bridgehead atoms. The van der Waals surface area contributed by atoms with E-state index in [2.05, 4.69) is 20.5 Å². The Labute approximate surface area is 178 Å². The summed E-state index contributed by atoms with van der Waals surface area (Å²) in [6.07, 6.45) is 6.14. The molecular weight excluding hydrogens is 376 g/mol. The van der Waals surface area contributed by atoms with Crippen LogP contribution in [0.5, 0.6) is 0 Å². The third-order valence-corrected chi connectivity index (χ3v) is 6.24. The Balaban J connectivity index is 1.30. The van der Waals surface area contributed by atoms with Gasteiger partial charge in [-0.3, -0.25) is 19.5 Å². The van der Waals surface area contributed by atoms with Crippen LogP contribution in [0.15, 0.2) is 36.5 Å². The normalized spacial score (nSPS) is 24.0. The second-order valence-electron chi connectivity index (χ2n) is 9.81. The van der Waals surface area contributed by atoms with Crippen LogP contribution >= 0.6 is 0 Å². The van der Waals surface area contributed by atoms with Crippen molar-refractivity contribution in [1.82, 2.24) is 20.5 Å².